The first kappa shape index (κ1) is 18.4. The summed E-state index contributed by atoms with van der Waals surface area (Å²) in [5, 5.41) is 0. The minimum atomic E-state index is -3.38. The summed E-state index contributed by atoms with van der Waals surface area (Å²) in [5.74, 6) is -0.0159. The fraction of sp³-hybridized carbons (Fsp3) is 0.647. The van der Waals surface area contributed by atoms with Crippen LogP contribution >= 0.6 is 0 Å². The summed E-state index contributed by atoms with van der Waals surface area (Å²) in [6.45, 7) is 4.63. The highest BCUT2D eigenvalue weighted by atomic mass is 32.2. The van der Waals surface area contributed by atoms with Crippen molar-refractivity contribution >= 4 is 21.4 Å². The zero-order valence-electron chi connectivity index (χ0n) is 14.6. The lowest BCUT2D eigenvalue weighted by atomic mass is 10.1. The van der Waals surface area contributed by atoms with Gasteiger partial charge in [-0.2, -0.15) is 0 Å². The Morgan fingerprint density at radius 2 is 1.92 bits per heavy atom. The number of benzene rings is 1. The molecule has 0 amide bonds. The van der Waals surface area contributed by atoms with Crippen molar-refractivity contribution in [2.24, 2.45) is 0 Å². The number of nitrogens with zero attached hydrogens (tertiary/aromatic N) is 2. The first-order valence-corrected chi connectivity index (χ1v) is 10.3. The van der Waals surface area contributed by atoms with Crippen molar-refractivity contribution in [1.29, 1.82) is 0 Å². The van der Waals surface area contributed by atoms with Crippen molar-refractivity contribution in [3.8, 4) is 0 Å². The molecule has 1 aromatic carbocycles. The van der Waals surface area contributed by atoms with Gasteiger partial charge < -0.3 is 19.1 Å². The molecule has 25 heavy (non-hydrogen) atoms. The number of fused-ring (bicyclic) bond motifs is 1. The number of anilines is 2. The minimum Gasteiger partial charge on any atom is -0.382 e. The van der Waals surface area contributed by atoms with Crippen molar-refractivity contribution in [3.63, 3.8) is 0 Å². The van der Waals surface area contributed by atoms with E-state index in [1.807, 2.05) is 12.1 Å². The summed E-state index contributed by atoms with van der Waals surface area (Å²) in [6, 6.07) is 6.12. The topological polar surface area (TPSA) is 68.3 Å². The highest BCUT2D eigenvalue weighted by Crippen LogP contribution is 2.34. The van der Waals surface area contributed by atoms with E-state index in [1.165, 1.54) is 4.31 Å². The predicted octanol–water partition coefficient (Wildman–Crippen LogP) is 0.879. The first-order valence-electron chi connectivity index (χ1n) is 8.64. The highest BCUT2D eigenvalue weighted by Gasteiger charge is 2.30. The van der Waals surface area contributed by atoms with Gasteiger partial charge in [0, 0.05) is 32.4 Å². The van der Waals surface area contributed by atoms with E-state index in [0.29, 0.717) is 33.0 Å². The molecule has 2 aliphatic rings. The van der Waals surface area contributed by atoms with Crippen LogP contribution < -0.4 is 9.21 Å². The van der Waals surface area contributed by atoms with Crippen molar-refractivity contribution in [1.82, 2.24) is 0 Å². The molecule has 0 aromatic heterocycles. The van der Waals surface area contributed by atoms with E-state index in [2.05, 4.69) is 11.0 Å². The molecule has 1 aromatic rings. The van der Waals surface area contributed by atoms with E-state index in [9.17, 15) is 8.42 Å². The summed E-state index contributed by atoms with van der Waals surface area (Å²) >= 11 is 0. The van der Waals surface area contributed by atoms with Gasteiger partial charge in [0.1, 0.15) is 0 Å². The van der Waals surface area contributed by atoms with E-state index in [0.717, 1.165) is 36.4 Å². The van der Waals surface area contributed by atoms with Crippen LogP contribution in [0.1, 0.15) is 5.56 Å². The molecular formula is C17H26N2O5S. The van der Waals surface area contributed by atoms with E-state index in [-0.39, 0.29) is 12.4 Å². The fourth-order valence-electron chi connectivity index (χ4n) is 3.16. The molecule has 2 heterocycles. The van der Waals surface area contributed by atoms with Crippen molar-refractivity contribution in [2.45, 2.75) is 6.42 Å². The number of hydrogen-bond donors (Lipinski definition) is 0. The van der Waals surface area contributed by atoms with E-state index in [4.69, 9.17) is 14.2 Å². The zero-order chi connectivity index (χ0) is 17.7. The van der Waals surface area contributed by atoms with Gasteiger partial charge in [0.2, 0.25) is 10.0 Å². The minimum absolute atomic E-state index is 0.0159. The van der Waals surface area contributed by atoms with Crippen molar-refractivity contribution < 1.29 is 22.6 Å². The Morgan fingerprint density at radius 1 is 1.12 bits per heavy atom. The lowest BCUT2D eigenvalue weighted by molar-refractivity contribution is 0.0785. The number of morpholine rings is 1. The second-order valence-corrected chi connectivity index (χ2v) is 8.17. The van der Waals surface area contributed by atoms with Crippen LogP contribution in [0.2, 0.25) is 0 Å². The number of rotatable bonds is 8. The molecule has 1 saturated heterocycles. The Kier molecular flexibility index (Phi) is 6.16. The SMILES string of the molecule is COCCOCCS(=O)(=O)N1CCc2ccc(N3CCOCC3)cc21. The molecule has 0 aliphatic carbocycles. The quantitative estimate of drug-likeness (QED) is 0.633. The van der Waals surface area contributed by atoms with Crippen LogP contribution in [0.5, 0.6) is 0 Å². The van der Waals surface area contributed by atoms with E-state index < -0.39 is 10.0 Å². The maximum absolute atomic E-state index is 12.7. The summed E-state index contributed by atoms with van der Waals surface area (Å²) in [7, 11) is -1.79. The Labute approximate surface area is 149 Å². The summed E-state index contributed by atoms with van der Waals surface area (Å²) in [5.41, 5.74) is 2.95. The van der Waals surface area contributed by atoms with Gasteiger partial charge in [-0.1, -0.05) is 6.07 Å². The van der Waals surface area contributed by atoms with Crippen LogP contribution in [-0.4, -0.2) is 73.9 Å². The normalized spacial score (nSPS) is 17.8. The molecule has 3 rings (SSSR count). The zero-order valence-corrected chi connectivity index (χ0v) is 15.5. The largest absolute Gasteiger partial charge is 0.382 e. The number of ether oxygens (including phenoxy) is 3. The standard InChI is InChI=1S/C17H26N2O5S/c1-22-10-11-24-12-13-25(20,21)19-5-4-15-2-3-16(14-17(15)19)18-6-8-23-9-7-18/h2-3,14H,4-13H2,1H3. The van der Waals surface area contributed by atoms with Crippen LogP contribution in [0.3, 0.4) is 0 Å². The smallest absolute Gasteiger partial charge is 0.237 e. The van der Waals surface area contributed by atoms with Crippen LogP contribution in [0.4, 0.5) is 11.4 Å². The Morgan fingerprint density at radius 3 is 2.68 bits per heavy atom. The molecule has 0 saturated carbocycles. The molecule has 8 heteroatoms. The van der Waals surface area contributed by atoms with Crippen LogP contribution in [0.15, 0.2) is 18.2 Å². The van der Waals surface area contributed by atoms with Gasteiger partial charge in [-0.05, 0) is 24.1 Å². The highest BCUT2D eigenvalue weighted by molar-refractivity contribution is 7.92. The molecule has 0 bridgehead atoms. The molecule has 140 valence electrons. The fourth-order valence-corrected chi connectivity index (χ4v) is 4.55. The Balaban J connectivity index is 1.69. The number of methoxy groups -OCH3 is 1. The van der Waals surface area contributed by atoms with Gasteiger partial charge in [-0.15, -0.1) is 0 Å². The average Bonchev–Trinajstić information content (AvgIpc) is 3.06. The maximum atomic E-state index is 12.7. The van der Waals surface area contributed by atoms with Crippen molar-refractivity contribution in [2.75, 3.05) is 74.7 Å². The third-order valence-corrected chi connectivity index (χ3v) is 6.28. The lowest BCUT2D eigenvalue weighted by Gasteiger charge is -2.30. The predicted molar refractivity (Wildman–Crippen MR) is 97.0 cm³/mol. The van der Waals surface area contributed by atoms with Gasteiger partial charge in [0.15, 0.2) is 0 Å². The van der Waals surface area contributed by atoms with Gasteiger partial charge in [-0.25, -0.2) is 8.42 Å². The third-order valence-electron chi connectivity index (χ3n) is 4.55. The average molecular weight is 370 g/mol. The Bertz CT molecular complexity index is 674. The van der Waals surface area contributed by atoms with Crippen molar-refractivity contribution in [3.05, 3.63) is 23.8 Å². The summed E-state index contributed by atoms with van der Waals surface area (Å²) < 4.78 is 42.5. The Hall–Kier alpha value is -1.35. The van der Waals surface area contributed by atoms with Crippen LogP contribution in [0.25, 0.3) is 0 Å². The summed E-state index contributed by atoms with van der Waals surface area (Å²) in [6.07, 6.45) is 0.752. The van der Waals surface area contributed by atoms with E-state index in [1.54, 1.807) is 7.11 Å². The number of sulfonamides is 1. The van der Waals surface area contributed by atoms with Crippen LogP contribution in [0, 0.1) is 0 Å². The molecule has 0 unspecified atom stereocenters. The number of hydrogen-bond acceptors (Lipinski definition) is 6. The summed E-state index contributed by atoms with van der Waals surface area (Å²) in [4.78, 5) is 2.24. The second-order valence-electron chi connectivity index (χ2n) is 6.16. The monoisotopic (exact) mass is 370 g/mol. The van der Waals surface area contributed by atoms with Gasteiger partial charge >= 0.3 is 0 Å². The molecule has 1 fully saturated rings. The van der Waals surface area contributed by atoms with Gasteiger partial charge in [-0.3, -0.25) is 4.31 Å². The maximum Gasteiger partial charge on any atom is 0.237 e. The second kappa shape index (κ2) is 8.35. The molecule has 0 radical (unpaired) electrons. The lowest BCUT2D eigenvalue weighted by Crippen LogP contribution is -2.36. The molecule has 0 N–H and O–H groups in total. The van der Waals surface area contributed by atoms with Gasteiger partial charge in [0.25, 0.3) is 0 Å². The third kappa shape index (κ3) is 4.44. The van der Waals surface area contributed by atoms with E-state index >= 15 is 0 Å². The molecule has 7 nitrogen and oxygen atoms in total. The van der Waals surface area contributed by atoms with Crippen LogP contribution in [-0.2, 0) is 30.7 Å². The molecule has 0 atom stereocenters. The molecule has 0 spiro atoms. The molecular weight excluding hydrogens is 344 g/mol. The first-order chi connectivity index (χ1) is 12.1. The van der Waals surface area contributed by atoms with Gasteiger partial charge in [0.05, 0.1) is 44.5 Å². The molecule has 2 aliphatic heterocycles.